The van der Waals surface area contributed by atoms with Gasteiger partial charge in [-0.15, -0.1) is 70.6 Å². The van der Waals surface area contributed by atoms with Gasteiger partial charge in [0.25, 0.3) is 0 Å². The molecule has 0 radical (unpaired) electrons. The molecule has 6 aliphatic rings. The fourth-order valence-electron chi connectivity index (χ4n) is 6.01. The lowest BCUT2D eigenvalue weighted by atomic mass is 9.93. The number of hydrogen-bond acceptors (Lipinski definition) is 12. The van der Waals surface area contributed by atoms with Gasteiger partial charge >= 0.3 is 0 Å². The van der Waals surface area contributed by atoms with Crippen molar-refractivity contribution in [3.05, 3.63) is 34.9 Å². The summed E-state index contributed by atoms with van der Waals surface area (Å²) in [5, 5.41) is 0. The van der Waals surface area contributed by atoms with E-state index in [0.717, 1.165) is 51.2 Å². The highest BCUT2D eigenvalue weighted by Gasteiger charge is 2.44. The Morgan fingerprint density at radius 3 is 0.841 bits per heavy atom. The summed E-state index contributed by atoms with van der Waals surface area (Å²) in [6.07, 6.45) is -1.27. The Balaban J connectivity index is 0.00000168. The highest BCUT2D eigenvalue weighted by molar-refractivity contribution is 8.18. The molecule has 6 nitrogen and oxygen atoms in total. The largest absolute Gasteiger partial charge is 0.348 e. The van der Waals surface area contributed by atoms with Crippen LogP contribution >= 0.6 is 70.6 Å². The van der Waals surface area contributed by atoms with Crippen LogP contribution < -0.4 is 0 Å². The lowest BCUT2D eigenvalue weighted by Gasteiger charge is -2.44. The molecule has 12 heteroatoms. The fourth-order valence-corrected chi connectivity index (χ4v) is 13.9. The summed E-state index contributed by atoms with van der Waals surface area (Å²) in [7, 11) is 0. The van der Waals surface area contributed by atoms with Crippen molar-refractivity contribution in [2.75, 3.05) is 74.2 Å². The molecule has 6 aliphatic heterocycles. The van der Waals surface area contributed by atoms with Crippen LogP contribution in [0.25, 0.3) is 0 Å². The van der Waals surface area contributed by atoms with Gasteiger partial charge in [-0.2, -0.15) is 0 Å². The predicted molar refractivity (Wildman–Crippen MR) is 192 cm³/mol. The molecular weight excluding hydrogens is 673 g/mol. The monoisotopic (exact) mass is 720 g/mol. The van der Waals surface area contributed by atoms with E-state index in [9.17, 15) is 0 Å². The molecule has 1 aromatic carbocycles. The van der Waals surface area contributed by atoms with Crippen molar-refractivity contribution >= 4 is 70.6 Å². The number of ether oxygens (including phenoxy) is 6. The van der Waals surface area contributed by atoms with Crippen molar-refractivity contribution in [3.63, 3.8) is 0 Å². The summed E-state index contributed by atoms with van der Waals surface area (Å²) >= 11 is 12.1. The molecule has 0 saturated carbocycles. The van der Waals surface area contributed by atoms with E-state index in [1.807, 2.05) is 84.4 Å². The third kappa shape index (κ3) is 8.09. The van der Waals surface area contributed by atoms with Gasteiger partial charge < -0.3 is 28.4 Å². The van der Waals surface area contributed by atoms with Gasteiger partial charge in [-0.3, -0.25) is 0 Å². The van der Waals surface area contributed by atoms with Gasteiger partial charge in [0.1, 0.15) is 0 Å². The molecule has 1 aromatic rings. The van der Waals surface area contributed by atoms with Gasteiger partial charge in [-0.05, 0) is 39.0 Å². The van der Waals surface area contributed by atoms with E-state index < -0.39 is 18.9 Å². The molecule has 44 heavy (non-hydrogen) atoms. The molecule has 0 aromatic heterocycles. The van der Waals surface area contributed by atoms with Gasteiger partial charge in [0.2, 0.25) is 0 Å². The van der Waals surface area contributed by atoms with Gasteiger partial charge in [-0.25, -0.2) is 0 Å². The Morgan fingerprint density at radius 1 is 0.432 bits per heavy atom. The second kappa shape index (κ2) is 15.3. The number of rotatable bonds is 3. The van der Waals surface area contributed by atoms with E-state index in [4.69, 9.17) is 28.4 Å². The van der Waals surface area contributed by atoms with E-state index in [1.54, 1.807) is 0 Å². The van der Waals surface area contributed by atoms with E-state index in [2.05, 4.69) is 39.0 Å². The van der Waals surface area contributed by atoms with Gasteiger partial charge in [0, 0.05) is 81.2 Å². The Bertz CT molecular complexity index is 911. The van der Waals surface area contributed by atoms with Crippen molar-refractivity contribution in [3.8, 4) is 0 Å². The van der Waals surface area contributed by atoms with Crippen LogP contribution in [0, 0.1) is 16.2 Å². The van der Waals surface area contributed by atoms with E-state index in [-0.39, 0.29) is 16.2 Å². The molecule has 6 fully saturated rings. The van der Waals surface area contributed by atoms with Crippen LogP contribution in [0.15, 0.2) is 18.2 Å². The van der Waals surface area contributed by atoms with Crippen molar-refractivity contribution in [2.45, 2.75) is 67.2 Å². The Kier molecular flexibility index (Phi) is 12.2. The normalized spacial score (nSPS) is 43.0. The minimum Gasteiger partial charge on any atom is -0.348 e. The van der Waals surface area contributed by atoms with Gasteiger partial charge in [0.05, 0.1) is 39.6 Å². The van der Waals surface area contributed by atoms with Crippen LogP contribution in [0.4, 0.5) is 0 Å². The Morgan fingerprint density at radius 2 is 0.636 bits per heavy atom. The van der Waals surface area contributed by atoms with Crippen LogP contribution in [-0.4, -0.2) is 87.9 Å². The third-order valence-electron chi connectivity index (χ3n) is 8.81. The van der Waals surface area contributed by atoms with Crippen LogP contribution in [0.2, 0.25) is 0 Å². The summed E-state index contributed by atoms with van der Waals surface area (Å²) in [5.41, 5.74) is 3.22. The van der Waals surface area contributed by atoms with E-state index >= 15 is 0 Å². The zero-order valence-corrected chi connectivity index (χ0v) is 31.5. The van der Waals surface area contributed by atoms with Crippen molar-refractivity contribution in [2.24, 2.45) is 16.2 Å². The van der Waals surface area contributed by atoms with Gasteiger partial charge in [-0.1, -0.05) is 13.8 Å². The molecule has 0 unspecified atom stereocenters. The fraction of sp³-hybridized carbons (Fsp3) is 0.812. The SMILES string of the molecule is CC.CC1SCC2(COC(c3cc(C4OCC5(CO4)CSC(C)SC5)cc(C4OCC5(CO4)CSC(C)SC5)c3)OC2)CS1. The molecule has 6 heterocycles. The maximum absolute atomic E-state index is 6.45. The van der Waals surface area contributed by atoms with Crippen molar-refractivity contribution in [1.82, 2.24) is 0 Å². The molecule has 0 amide bonds. The molecule has 0 aliphatic carbocycles. The first-order valence-corrected chi connectivity index (χ1v) is 22.2. The van der Waals surface area contributed by atoms with Crippen molar-refractivity contribution < 1.29 is 28.4 Å². The third-order valence-corrected chi connectivity index (χ3v) is 18.7. The Hall–Kier alpha value is 1.08. The lowest BCUT2D eigenvalue weighted by molar-refractivity contribution is -0.230. The number of thioether (sulfide) groups is 6. The second-order valence-corrected chi connectivity index (χ2v) is 21.7. The standard InChI is InChI=1S/C30H42O6S6.C2H6/c1-19-37-13-28(14-38-19)7-31-25(32-8-28)22-4-23(26-33-9-29(10-34-26)15-39-20(2)40-16-29)6-24(5-22)27-35-11-30(12-36-27)17-41-21(3)42-18-30;1-2/h4-6,19-21,25-27H,7-18H2,1-3H3;1-2H3. The average Bonchev–Trinajstić information content (AvgIpc) is 3.07. The summed E-state index contributed by atoms with van der Waals surface area (Å²) in [4.78, 5) is 0. The van der Waals surface area contributed by atoms with E-state index in [1.165, 1.54) is 0 Å². The topological polar surface area (TPSA) is 55.4 Å². The first-order valence-electron chi connectivity index (χ1n) is 15.9. The summed E-state index contributed by atoms with van der Waals surface area (Å²) < 4.78 is 40.6. The molecule has 0 atom stereocenters. The first-order chi connectivity index (χ1) is 21.3. The quantitative estimate of drug-likeness (QED) is 0.302. The van der Waals surface area contributed by atoms with Crippen LogP contribution in [0.5, 0.6) is 0 Å². The second-order valence-electron chi connectivity index (χ2n) is 12.9. The minimum absolute atomic E-state index is 0.0909. The highest BCUT2D eigenvalue weighted by atomic mass is 32.2. The zero-order chi connectivity index (χ0) is 30.8. The maximum Gasteiger partial charge on any atom is 0.183 e. The molecule has 0 N–H and O–H groups in total. The van der Waals surface area contributed by atoms with Crippen LogP contribution in [0.1, 0.15) is 70.2 Å². The Labute approximate surface area is 289 Å². The lowest BCUT2D eigenvalue weighted by Crippen LogP contribution is -2.45. The molecule has 3 spiro atoms. The molecule has 0 bridgehead atoms. The molecular formula is C32H48O6S6. The number of benzene rings is 1. The summed E-state index contributed by atoms with van der Waals surface area (Å²) in [6, 6.07) is 6.44. The number of hydrogen-bond donors (Lipinski definition) is 0. The minimum atomic E-state index is -0.422. The summed E-state index contributed by atoms with van der Waals surface area (Å²) in [6.45, 7) is 15.1. The smallest absolute Gasteiger partial charge is 0.183 e. The molecule has 7 rings (SSSR count). The predicted octanol–water partition coefficient (Wildman–Crippen LogP) is 8.29. The summed E-state index contributed by atoms with van der Waals surface area (Å²) in [5.74, 6) is 6.51. The first kappa shape index (κ1) is 34.9. The van der Waals surface area contributed by atoms with Crippen molar-refractivity contribution in [1.29, 1.82) is 0 Å². The van der Waals surface area contributed by atoms with Gasteiger partial charge in [0.15, 0.2) is 18.9 Å². The zero-order valence-electron chi connectivity index (χ0n) is 26.6. The highest BCUT2D eigenvalue weighted by Crippen LogP contribution is 2.48. The van der Waals surface area contributed by atoms with Crippen LogP contribution in [0.3, 0.4) is 0 Å². The van der Waals surface area contributed by atoms with Crippen LogP contribution in [-0.2, 0) is 28.4 Å². The maximum atomic E-state index is 6.45. The average molecular weight is 721 g/mol. The molecule has 248 valence electrons. The molecule has 6 saturated heterocycles. The van der Waals surface area contributed by atoms with E-state index in [0.29, 0.717) is 53.4 Å².